The van der Waals surface area contributed by atoms with Gasteiger partial charge in [-0.15, -0.1) is 0 Å². The Morgan fingerprint density at radius 1 is 1.41 bits per heavy atom. The van der Waals surface area contributed by atoms with Crippen LogP contribution in [0.15, 0.2) is 11.4 Å². The van der Waals surface area contributed by atoms with Crippen LogP contribution in [-0.2, 0) is 0 Å². The minimum absolute atomic E-state index is 0.0298. The first kappa shape index (κ1) is 14.9. The predicted octanol–water partition coefficient (Wildman–Crippen LogP) is 1.34. The van der Waals surface area contributed by atoms with Gasteiger partial charge in [-0.2, -0.15) is 14.6 Å². The van der Waals surface area contributed by atoms with Gasteiger partial charge in [0.2, 0.25) is 5.95 Å². The highest BCUT2D eigenvalue weighted by Gasteiger charge is 2.29. The van der Waals surface area contributed by atoms with E-state index >= 15 is 0 Å². The van der Waals surface area contributed by atoms with E-state index in [1.807, 2.05) is 20.1 Å². The zero-order valence-electron chi connectivity index (χ0n) is 12.7. The molecule has 0 unspecified atom stereocenters. The molecule has 3 rings (SSSR count). The molecule has 0 aromatic carbocycles. The number of rotatable bonds is 2. The molecule has 0 aliphatic carbocycles. The van der Waals surface area contributed by atoms with Gasteiger partial charge >= 0.3 is 6.09 Å². The molecule has 1 aliphatic rings. The number of amides is 1. The number of aryl methyl sites for hydroxylation is 1. The topological polar surface area (TPSA) is 86.9 Å². The maximum Gasteiger partial charge on any atom is 0.407 e. The number of anilines is 1. The van der Waals surface area contributed by atoms with Gasteiger partial charge in [-0.1, -0.05) is 11.8 Å². The summed E-state index contributed by atoms with van der Waals surface area (Å²) in [4.78, 5) is 23.7. The van der Waals surface area contributed by atoms with Crippen molar-refractivity contribution >= 4 is 29.5 Å². The summed E-state index contributed by atoms with van der Waals surface area (Å²) in [6.45, 7) is 5.47. The van der Waals surface area contributed by atoms with Crippen molar-refractivity contribution in [3.8, 4) is 0 Å². The van der Waals surface area contributed by atoms with E-state index in [1.54, 1.807) is 10.7 Å². The Morgan fingerprint density at radius 3 is 2.82 bits per heavy atom. The lowest BCUT2D eigenvalue weighted by atomic mass is 10.2. The molecule has 1 aliphatic heterocycles. The van der Waals surface area contributed by atoms with Gasteiger partial charge in [0.1, 0.15) is 0 Å². The van der Waals surface area contributed by atoms with Gasteiger partial charge < -0.3 is 14.9 Å². The third kappa shape index (κ3) is 2.45. The van der Waals surface area contributed by atoms with Gasteiger partial charge in [0.25, 0.3) is 0 Å². The maximum atomic E-state index is 11.1. The van der Waals surface area contributed by atoms with Crippen molar-refractivity contribution in [3.63, 3.8) is 0 Å². The largest absolute Gasteiger partial charge is 0.465 e. The summed E-state index contributed by atoms with van der Waals surface area (Å²) in [7, 11) is 0. The first-order valence-electron chi connectivity index (χ1n) is 7.02. The average Bonchev–Trinajstić information content (AvgIpc) is 2.88. The lowest BCUT2D eigenvalue weighted by Gasteiger charge is -2.39. The summed E-state index contributed by atoms with van der Waals surface area (Å²) in [5.41, 5.74) is 1.79. The maximum absolute atomic E-state index is 11.1. The van der Waals surface area contributed by atoms with Crippen molar-refractivity contribution in [1.82, 2.24) is 24.5 Å². The number of aromatic nitrogens is 4. The highest BCUT2D eigenvalue weighted by molar-refractivity contribution is 7.98. The van der Waals surface area contributed by atoms with E-state index in [0.717, 1.165) is 17.2 Å². The van der Waals surface area contributed by atoms with Crippen LogP contribution >= 0.6 is 11.8 Å². The quantitative estimate of drug-likeness (QED) is 0.835. The zero-order valence-corrected chi connectivity index (χ0v) is 13.5. The zero-order chi connectivity index (χ0) is 15.9. The lowest BCUT2D eigenvalue weighted by Crippen LogP contribution is -2.54. The molecule has 0 bridgehead atoms. The van der Waals surface area contributed by atoms with Gasteiger partial charge in [-0.25, -0.2) is 9.78 Å². The Morgan fingerprint density at radius 2 is 2.18 bits per heavy atom. The molecule has 1 N–H and O–H groups in total. The molecule has 2 aromatic rings. The van der Waals surface area contributed by atoms with Gasteiger partial charge in [-0.05, 0) is 20.1 Å². The molecule has 0 radical (unpaired) electrons. The average molecular weight is 322 g/mol. The molecule has 118 valence electrons. The summed E-state index contributed by atoms with van der Waals surface area (Å²) in [6.07, 6.45) is 2.84. The summed E-state index contributed by atoms with van der Waals surface area (Å²) in [5, 5.41) is 14.2. The van der Waals surface area contributed by atoms with Crippen LogP contribution in [0.4, 0.5) is 10.7 Å². The Balaban J connectivity index is 2.01. The molecule has 1 saturated heterocycles. The van der Waals surface area contributed by atoms with E-state index < -0.39 is 6.09 Å². The first-order chi connectivity index (χ1) is 10.5. The molecule has 0 spiro atoms. The number of piperazine rings is 1. The van der Waals surface area contributed by atoms with Crippen molar-refractivity contribution < 1.29 is 9.90 Å². The van der Waals surface area contributed by atoms with Gasteiger partial charge in [0.05, 0.1) is 6.20 Å². The monoisotopic (exact) mass is 322 g/mol. The van der Waals surface area contributed by atoms with Crippen molar-refractivity contribution in [2.24, 2.45) is 0 Å². The van der Waals surface area contributed by atoms with E-state index in [2.05, 4.69) is 20.0 Å². The van der Waals surface area contributed by atoms with E-state index in [9.17, 15) is 4.79 Å². The Kier molecular flexibility index (Phi) is 3.81. The minimum atomic E-state index is -0.876. The molecule has 1 fully saturated rings. The molecule has 1 amide bonds. The standard InChI is InChI=1S/C13H18N6O2S/c1-8-6-14-19-10(8)15-11(22-3)16-12(19)18-5-4-17(13(20)21)7-9(18)2/h6,9H,4-5,7H2,1-3H3,(H,20,21)/t9-/m0/s1. The summed E-state index contributed by atoms with van der Waals surface area (Å²) in [5.74, 6) is 0.722. The molecular weight excluding hydrogens is 304 g/mol. The van der Waals surface area contributed by atoms with E-state index in [0.29, 0.717) is 24.8 Å². The first-order valence-corrected chi connectivity index (χ1v) is 8.24. The number of carboxylic acid groups (broad SMARTS) is 1. The summed E-state index contributed by atoms with van der Waals surface area (Å²) >= 11 is 1.49. The van der Waals surface area contributed by atoms with E-state index in [-0.39, 0.29) is 6.04 Å². The van der Waals surface area contributed by atoms with Crippen molar-refractivity contribution in [3.05, 3.63) is 11.8 Å². The number of carbonyl (C=O) groups is 1. The molecule has 3 heterocycles. The fourth-order valence-corrected chi connectivity index (χ4v) is 3.01. The van der Waals surface area contributed by atoms with Gasteiger partial charge in [0.15, 0.2) is 10.8 Å². The van der Waals surface area contributed by atoms with Crippen molar-refractivity contribution in [2.45, 2.75) is 25.0 Å². The predicted molar refractivity (Wildman–Crippen MR) is 83.7 cm³/mol. The van der Waals surface area contributed by atoms with Gasteiger partial charge in [-0.3, -0.25) is 0 Å². The SMILES string of the molecule is CSc1nc(N2CCN(C(=O)O)C[C@@H]2C)n2ncc(C)c2n1. The second-order valence-electron chi connectivity index (χ2n) is 5.34. The number of fused-ring (bicyclic) bond motifs is 1. The summed E-state index contributed by atoms with van der Waals surface area (Å²) < 4.78 is 1.74. The molecular formula is C13H18N6O2S. The third-order valence-corrected chi connectivity index (χ3v) is 4.39. The summed E-state index contributed by atoms with van der Waals surface area (Å²) in [6, 6.07) is 0.0298. The highest BCUT2D eigenvalue weighted by Crippen LogP contribution is 2.23. The number of hydrogen-bond donors (Lipinski definition) is 1. The van der Waals surface area contributed by atoms with Crippen LogP contribution in [-0.4, -0.2) is 67.6 Å². The van der Waals surface area contributed by atoms with Crippen LogP contribution in [0.3, 0.4) is 0 Å². The van der Waals surface area contributed by atoms with Crippen LogP contribution in [0.1, 0.15) is 12.5 Å². The van der Waals surface area contributed by atoms with Crippen molar-refractivity contribution in [1.29, 1.82) is 0 Å². The van der Waals surface area contributed by atoms with E-state index in [1.165, 1.54) is 16.7 Å². The lowest BCUT2D eigenvalue weighted by molar-refractivity contribution is 0.136. The fourth-order valence-electron chi connectivity index (χ4n) is 2.66. The second-order valence-corrected chi connectivity index (χ2v) is 6.12. The Bertz CT molecular complexity index is 718. The Labute approximate surface area is 132 Å². The number of thioether (sulfide) groups is 1. The molecule has 9 heteroatoms. The second kappa shape index (κ2) is 5.64. The molecule has 8 nitrogen and oxygen atoms in total. The van der Waals surface area contributed by atoms with Crippen LogP contribution < -0.4 is 4.90 Å². The molecule has 22 heavy (non-hydrogen) atoms. The van der Waals surface area contributed by atoms with E-state index in [4.69, 9.17) is 5.11 Å². The molecule has 1 atom stereocenters. The number of hydrogen-bond acceptors (Lipinski definition) is 6. The Hall–Kier alpha value is -2.03. The van der Waals surface area contributed by atoms with Crippen LogP contribution in [0.2, 0.25) is 0 Å². The third-order valence-electron chi connectivity index (χ3n) is 3.84. The minimum Gasteiger partial charge on any atom is -0.465 e. The fraction of sp³-hybridized carbons (Fsp3) is 0.538. The normalized spacial score (nSPS) is 19.0. The van der Waals surface area contributed by atoms with Crippen LogP contribution in [0.5, 0.6) is 0 Å². The smallest absolute Gasteiger partial charge is 0.407 e. The van der Waals surface area contributed by atoms with Crippen LogP contribution in [0, 0.1) is 6.92 Å². The van der Waals surface area contributed by atoms with Crippen molar-refractivity contribution in [2.75, 3.05) is 30.8 Å². The number of nitrogens with zero attached hydrogens (tertiary/aromatic N) is 6. The molecule has 2 aromatic heterocycles. The molecule has 0 saturated carbocycles. The van der Waals surface area contributed by atoms with Crippen LogP contribution in [0.25, 0.3) is 5.65 Å². The van der Waals surface area contributed by atoms with Gasteiger partial charge in [0, 0.05) is 31.2 Å². The highest BCUT2D eigenvalue weighted by atomic mass is 32.2.